The van der Waals surface area contributed by atoms with Crippen LogP contribution in [0.25, 0.3) is 0 Å². The molecule has 0 aromatic carbocycles. The standard InChI is InChI=1S/C11H11NO2/c1-11(12)4-2-7-8(3-5-11)10(14)6-9(7)13/h2-5H,6,12H2,1H3. The molecule has 3 nitrogen and oxygen atoms in total. The first-order valence-electron chi connectivity index (χ1n) is 4.48. The van der Waals surface area contributed by atoms with Gasteiger partial charge in [-0.2, -0.15) is 0 Å². The second kappa shape index (κ2) is 2.75. The van der Waals surface area contributed by atoms with Crippen LogP contribution in [0.3, 0.4) is 0 Å². The Morgan fingerprint density at radius 2 is 1.57 bits per heavy atom. The normalized spacial score (nSPS) is 24.1. The van der Waals surface area contributed by atoms with E-state index >= 15 is 0 Å². The molecule has 0 unspecified atom stereocenters. The molecule has 2 rings (SSSR count). The summed E-state index contributed by atoms with van der Waals surface area (Å²) in [6.07, 6.45) is 6.79. The molecule has 72 valence electrons. The van der Waals surface area contributed by atoms with Gasteiger partial charge in [0, 0.05) is 11.1 Å². The van der Waals surface area contributed by atoms with Gasteiger partial charge >= 0.3 is 0 Å². The zero-order valence-corrected chi connectivity index (χ0v) is 7.91. The topological polar surface area (TPSA) is 60.2 Å². The zero-order chi connectivity index (χ0) is 10.3. The lowest BCUT2D eigenvalue weighted by Crippen LogP contribution is -2.30. The van der Waals surface area contributed by atoms with E-state index < -0.39 is 5.54 Å². The maximum atomic E-state index is 11.4. The Morgan fingerprint density at radius 1 is 1.14 bits per heavy atom. The van der Waals surface area contributed by atoms with E-state index in [4.69, 9.17) is 5.73 Å². The maximum Gasteiger partial charge on any atom is 0.171 e. The van der Waals surface area contributed by atoms with Crippen molar-refractivity contribution in [2.75, 3.05) is 0 Å². The molecule has 0 spiro atoms. The molecule has 0 fully saturated rings. The smallest absolute Gasteiger partial charge is 0.171 e. The molecule has 0 aromatic rings. The van der Waals surface area contributed by atoms with Crippen LogP contribution in [0.2, 0.25) is 0 Å². The van der Waals surface area contributed by atoms with Gasteiger partial charge in [0.1, 0.15) is 0 Å². The summed E-state index contributed by atoms with van der Waals surface area (Å²) < 4.78 is 0. The van der Waals surface area contributed by atoms with E-state index in [1.807, 2.05) is 6.92 Å². The first-order valence-corrected chi connectivity index (χ1v) is 4.48. The molecule has 3 heteroatoms. The number of ketones is 2. The van der Waals surface area contributed by atoms with E-state index in [-0.39, 0.29) is 18.0 Å². The highest BCUT2D eigenvalue weighted by atomic mass is 16.2. The van der Waals surface area contributed by atoms with Crippen molar-refractivity contribution < 1.29 is 9.59 Å². The SMILES string of the molecule is CC1(N)C=CC2=C(C=C1)C(=O)CC2=O. The summed E-state index contributed by atoms with van der Waals surface area (Å²) in [5.41, 5.74) is 6.27. The van der Waals surface area contributed by atoms with E-state index in [1.54, 1.807) is 24.3 Å². The number of carbonyl (C=O) groups excluding carboxylic acids is 2. The third kappa shape index (κ3) is 1.36. The van der Waals surface area contributed by atoms with Crippen molar-refractivity contribution in [1.82, 2.24) is 0 Å². The average Bonchev–Trinajstić information content (AvgIpc) is 2.26. The summed E-state index contributed by atoms with van der Waals surface area (Å²) in [5.74, 6) is -0.216. The van der Waals surface area contributed by atoms with Crippen molar-refractivity contribution >= 4 is 11.6 Å². The molecule has 2 aliphatic carbocycles. The minimum atomic E-state index is -0.578. The predicted molar refractivity (Wildman–Crippen MR) is 52.5 cm³/mol. The summed E-state index contributed by atoms with van der Waals surface area (Å²) in [4.78, 5) is 22.8. The Hall–Kier alpha value is -1.48. The van der Waals surface area contributed by atoms with Crippen LogP contribution in [-0.4, -0.2) is 17.1 Å². The minimum Gasteiger partial charge on any atom is -0.319 e. The van der Waals surface area contributed by atoms with E-state index in [0.29, 0.717) is 11.1 Å². The molecule has 2 aliphatic rings. The summed E-state index contributed by atoms with van der Waals surface area (Å²) in [5, 5.41) is 0. The number of rotatable bonds is 0. The van der Waals surface area contributed by atoms with Crippen molar-refractivity contribution in [3.8, 4) is 0 Å². The molecule has 0 aliphatic heterocycles. The largest absolute Gasteiger partial charge is 0.319 e. The van der Waals surface area contributed by atoms with Gasteiger partial charge in [0.05, 0.1) is 12.0 Å². The van der Waals surface area contributed by atoms with Gasteiger partial charge in [-0.05, 0) is 6.92 Å². The van der Waals surface area contributed by atoms with E-state index in [0.717, 1.165) is 0 Å². The number of carbonyl (C=O) groups is 2. The zero-order valence-electron chi connectivity index (χ0n) is 7.91. The lowest BCUT2D eigenvalue weighted by atomic mass is 10.0. The minimum absolute atomic E-state index is 0.000627. The first-order chi connectivity index (χ1) is 6.49. The van der Waals surface area contributed by atoms with Crippen LogP contribution in [0.4, 0.5) is 0 Å². The fraction of sp³-hybridized carbons (Fsp3) is 0.273. The maximum absolute atomic E-state index is 11.4. The first kappa shape index (κ1) is 9.09. The van der Waals surface area contributed by atoms with E-state index in [2.05, 4.69) is 0 Å². The Bertz CT molecular complexity index is 375. The lowest BCUT2D eigenvalue weighted by Gasteiger charge is -2.13. The lowest BCUT2D eigenvalue weighted by molar-refractivity contribution is -0.120. The monoisotopic (exact) mass is 189 g/mol. The molecule has 0 heterocycles. The van der Waals surface area contributed by atoms with Gasteiger partial charge in [0.2, 0.25) is 0 Å². The summed E-state index contributed by atoms with van der Waals surface area (Å²) in [6, 6.07) is 0. The Morgan fingerprint density at radius 3 is 2.00 bits per heavy atom. The third-order valence-electron chi connectivity index (χ3n) is 2.43. The van der Waals surface area contributed by atoms with Gasteiger partial charge in [-0.15, -0.1) is 0 Å². The molecule has 0 amide bonds. The molecular weight excluding hydrogens is 178 g/mol. The molecule has 0 saturated heterocycles. The van der Waals surface area contributed by atoms with Crippen molar-refractivity contribution in [1.29, 1.82) is 0 Å². The molecule has 14 heavy (non-hydrogen) atoms. The van der Waals surface area contributed by atoms with E-state index in [1.165, 1.54) is 0 Å². The van der Waals surface area contributed by atoms with Crippen molar-refractivity contribution in [3.63, 3.8) is 0 Å². The molecule has 0 saturated carbocycles. The highest BCUT2D eigenvalue weighted by molar-refractivity contribution is 6.24. The third-order valence-corrected chi connectivity index (χ3v) is 2.43. The second-order valence-corrected chi connectivity index (χ2v) is 3.88. The van der Waals surface area contributed by atoms with Gasteiger partial charge in [0.25, 0.3) is 0 Å². The number of allylic oxidation sites excluding steroid dienone is 4. The highest BCUT2D eigenvalue weighted by Crippen LogP contribution is 2.26. The van der Waals surface area contributed by atoms with E-state index in [9.17, 15) is 9.59 Å². The van der Waals surface area contributed by atoms with Crippen molar-refractivity contribution in [2.45, 2.75) is 18.9 Å². The molecule has 0 bridgehead atoms. The van der Waals surface area contributed by atoms with Crippen LogP contribution < -0.4 is 5.73 Å². The van der Waals surface area contributed by atoms with Crippen molar-refractivity contribution in [2.24, 2.45) is 5.73 Å². The number of nitrogens with two attached hydrogens (primary N) is 1. The number of hydrogen-bond acceptors (Lipinski definition) is 3. The van der Waals surface area contributed by atoms with Crippen LogP contribution in [0, 0.1) is 0 Å². The second-order valence-electron chi connectivity index (χ2n) is 3.88. The Balaban J connectivity index is 2.51. The van der Waals surface area contributed by atoms with Crippen LogP contribution in [0.15, 0.2) is 35.5 Å². The molecule has 0 radical (unpaired) electrons. The van der Waals surface area contributed by atoms with Gasteiger partial charge in [-0.3, -0.25) is 9.59 Å². The Labute approximate surface area is 82.0 Å². The number of hydrogen-bond donors (Lipinski definition) is 1. The molecular formula is C11H11NO2. The average molecular weight is 189 g/mol. The van der Waals surface area contributed by atoms with Crippen LogP contribution in [0.1, 0.15) is 13.3 Å². The van der Waals surface area contributed by atoms with Gasteiger partial charge in [-0.25, -0.2) is 0 Å². The molecule has 0 aromatic heterocycles. The molecule has 0 atom stereocenters. The van der Waals surface area contributed by atoms with Gasteiger partial charge < -0.3 is 5.73 Å². The quantitative estimate of drug-likeness (QED) is 0.570. The van der Waals surface area contributed by atoms with Gasteiger partial charge in [-0.1, -0.05) is 24.3 Å². The fourth-order valence-corrected chi connectivity index (χ4v) is 1.58. The summed E-state index contributed by atoms with van der Waals surface area (Å²) in [6.45, 7) is 1.82. The van der Waals surface area contributed by atoms with Gasteiger partial charge in [0.15, 0.2) is 11.6 Å². The predicted octanol–water partition coefficient (Wildman–Crippen LogP) is 0.668. The summed E-state index contributed by atoms with van der Waals surface area (Å²) >= 11 is 0. The van der Waals surface area contributed by atoms with Crippen LogP contribution >= 0.6 is 0 Å². The Kier molecular flexibility index (Phi) is 1.79. The molecule has 2 N–H and O–H groups in total. The van der Waals surface area contributed by atoms with Crippen LogP contribution in [-0.2, 0) is 9.59 Å². The number of Topliss-reactive ketones (excluding diaryl/α,β-unsaturated/α-hetero) is 2. The summed E-state index contributed by atoms with van der Waals surface area (Å²) in [7, 11) is 0. The fourth-order valence-electron chi connectivity index (χ4n) is 1.58. The van der Waals surface area contributed by atoms with Crippen molar-refractivity contribution in [3.05, 3.63) is 35.5 Å². The highest BCUT2D eigenvalue weighted by Gasteiger charge is 2.29. The van der Waals surface area contributed by atoms with Crippen LogP contribution in [0.5, 0.6) is 0 Å².